The lowest BCUT2D eigenvalue weighted by molar-refractivity contribution is -0.310. The van der Waals surface area contributed by atoms with Crippen LogP contribution in [0.1, 0.15) is 11.5 Å². The maximum atomic E-state index is 11.4. The summed E-state index contributed by atoms with van der Waals surface area (Å²) in [5, 5.41) is 13.5. The molecule has 1 saturated heterocycles. The maximum absolute atomic E-state index is 11.4. The van der Waals surface area contributed by atoms with Crippen molar-refractivity contribution < 1.29 is 19.4 Å². The molecule has 1 aromatic carbocycles. The van der Waals surface area contributed by atoms with Crippen LogP contribution in [0.15, 0.2) is 24.3 Å². The van der Waals surface area contributed by atoms with Crippen molar-refractivity contribution in [3.63, 3.8) is 0 Å². The standard InChI is InChI=1S/C12H13NO4/c1-17-8-4-2-7(3-5-8)9-6-13-11(14)10(9)12(15)16/h2-5,9-10H,6H2,1H3,(H,13,14)(H,15,16)/p-1/t9-,10+/m0/s1. The zero-order valence-corrected chi connectivity index (χ0v) is 9.30. The highest BCUT2D eigenvalue weighted by molar-refractivity contribution is 5.99. The van der Waals surface area contributed by atoms with Gasteiger partial charge in [-0.3, -0.25) is 4.79 Å². The monoisotopic (exact) mass is 234 g/mol. The fourth-order valence-corrected chi connectivity index (χ4v) is 2.05. The van der Waals surface area contributed by atoms with E-state index in [1.807, 2.05) is 0 Å². The first-order valence-electron chi connectivity index (χ1n) is 5.26. The molecule has 5 nitrogen and oxygen atoms in total. The first kappa shape index (κ1) is 11.4. The molecular weight excluding hydrogens is 222 g/mol. The number of aliphatic carboxylic acids is 1. The molecule has 2 rings (SSSR count). The summed E-state index contributed by atoms with van der Waals surface area (Å²) in [6.07, 6.45) is 0. The molecule has 1 aliphatic heterocycles. The predicted octanol–water partition coefficient (Wildman–Crippen LogP) is -0.725. The summed E-state index contributed by atoms with van der Waals surface area (Å²) in [5.74, 6) is -2.61. The van der Waals surface area contributed by atoms with E-state index < -0.39 is 17.8 Å². The van der Waals surface area contributed by atoms with Crippen LogP contribution in [0, 0.1) is 5.92 Å². The Labute approximate surface area is 98.4 Å². The molecule has 17 heavy (non-hydrogen) atoms. The fourth-order valence-electron chi connectivity index (χ4n) is 2.05. The molecule has 1 fully saturated rings. The van der Waals surface area contributed by atoms with Gasteiger partial charge in [-0.25, -0.2) is 0 Å². The minimum Gasteiger partial charge on any atom is -0.549 e. The summed E-state index contributed by atoms with van der Waals surface area (Å²) in [4.78, 5) is 22.3. The quantitative estimate of drug-likeness (QED) is 0.700. The van der Waals surface area contributed by atoms with Crippen molar-refractivity contribution in [2.24, 2.45) is 5.92 Å². The van der Waals surface area contributed by atoms with Crippen molar-refractivity contribution >= 4 is 11.9 Å². The second kappa shape index (κ2) is 4.45. The van der Waals surface area contributed by atoms with Gasteiger partial charge in [0.25, 0.3) is 0 Å². The number of rotatable bonds is 3. The largest absolute Gasteiger partial charge is 0.549 e. The Bertz CT molecular complexity index is 440. The smallest absolute Gasteiger partial charge is 0.229 e. The van der Waals surface area contributed by atoms with Crippen molar-refractivity contribution in [3.8, 4) is 5.75 Å². The third-order valence-corrected chi connectivity index (χ3v) is 2.98. The summed E-state index contributed by atoms with van der Waals surface area (Å²) in [6, 6.07) is 7.01. The lowest BCUT2D eigenvalue weighted by atomic mass is 9.88. The van der Waals surface area contributed by atoms with Gasteiger partial charge in [-0.2, -0.15) is 0 Å². The molecule has 5 heteroatoms. The molecule has 0 aliphatic carbocycles. The van der Waals surface area contributed by atoms with Crippen LogP contribution >= 0.6 is 0 Å². The molecule has 1 N–H and O–H groups in total. The highest BCUT2D eigenvalue weighted by Gasteiger charge is 2.36. The van der Waals surface area contributed by atoms with Gasteiger partial charge < -0.3 is 20.0 Å². The average molecular weight is 234 g/mol. The number of carboxylic acids is 1. The van der Waals surface area contributed by atoms with Gasteiger partial charge in [0, 0.05) is 12.5 Å². The number of methoxy groups -OCH3 is 1. The molecule has 0 unspecified atom stereocenters. The van der Waals surface area contributed by atoms with Crippen LogP contribution in [0.4, 0.5) is 0 Å². The average Bonchev–Trinajstić information content (AvgIpc) is 2.71. The third-order valence-electron chi connectivity index (χ3n) is 2.98. The Morgan fingerprint density at radius 2 is 2.06 bits per heavy atom. The molecular formula is C12H12NO4-. The Morgan fingerprint density at radius 3 is 2.59 bits per heavy atom. The SMILES string of the molecule is COc1ccc([C@@H]2CNC(=O)[C@@H]2C(=O)[O-])cc1. The molecule has 0 aromatic heterocycles. The molecule has 1 aliphatic rings. The van der Waals surface area contributed by atoms with Crippen molar-refractivity contribution in [3.05, 3.63) is 29.8 Å². The van der Waals surface area contributed by atoms with Crippen LogP contribution in [0.3, 0.4) is 0 Å². The molecule has 0 bridgehead atoms. The maximum Gasteiger partial charge on any atom is 0.229 e. The van der Waals surface area contributed by atoms with Gasteiger partial charge in [-0.05, 0) is 17.7 Å². The summed E-state index contributed by atoms with van der Waals surface area (Å²) >= 11 is 0. The van der Waals surface area contributed by atoms with Crippen molar-refractivity contribution in [1.29, 1.82) is 0 Å². The molecule has 1 aromatic rings. The molecule has 1 heterocycles. The van der Waals surface area contributed by atoms with Crippen LogP contribution in [-0.2, 0) is 9.59 Å². The highest BCUT2D eigenvalue weighted by atomic mass is 16.5. The molecule has 0 radical (unpaired) electrons. The van der Waals surface area contributed by atoms with Crippen LogP contribution in [-0.4, -0.2) is 25.5 Å². The Morgan fingerprint density at radius 1 is 1.41 bits per heavy atom. The van der Waals surface area contributed by atoms with E-state index in [1.165, 1.54) is 0 Å². The fraction of sp³-hybridized carbons (Fsp3) is 0.333. The van der Waals surface area contributed by atoms with Gasteiger partial charge in [-0.1, -0.05) is 12.1 Å². The number of carbonyl (C=O) groups excluding carboxylic acids is 2. The topological polar surface area (TPSA) is 78.5 Å². The number of amides is 1. The van der Waals surface area contributed by atoms with Gasteiger partial charge in [0.1, 0.15) is 5.75 Å². The van der Waals surface area contributed by atoms with E-state index in [2.05, 4.69) is 5.32 Å². The van der Waals surface area contributed by atoms with E-state index in [0.29, 0.717) is 12.3 Å². The lowest BCUT2D eigenvalue weighted by Crippen LogP contribution is -2.38. The van der Waals surface area contributed by atoms with Crippen molar-refractivity contribution in [1.82, 2.24) is 5.32 Å². The highest BCUT2D eigenvalue weighted by Crippen LogP contribution is 2.29. The van der Waals surface area contributed by atoms with Gasteiger partial charge >= 0.3 is 0 Å². The number of benzene rings is 1. The predicted molar refractivity (Wildman–Crippen MR) is 57.2 cm³/mol. The first-order valence-corrected chi connectivity index (χ1v) is 5.26. The second-order valence-corrected chi connectivity index (χ2v) is 3.92. The number of hydrogen-bond donors (Lipinski definition) is 1. The van der Waals surface area contributed by atoms with Crippen LogP contribution < -0.4 is 15.2 Å². The van der Waals surface area contributed by atoms with E-state index in [1.54, 1.807) is 31.4 Å². The lowest BCUT2D eigenvalue weighted by Gasteiger charge is -2.17. The van der Waals surface area contributed by atoms with E-state index in [0.717, 1.165) is 5.56 Å². The minimum atomic E-state index is -1.33. The van der Waals surface area contributed by atoms with E-state index in [9.17, 15) is 14.7 Å². The van der Waals surface area contributed by atoms with E-state index in [-0.39, 0.29) is 5.92 Å². The van der Waals surface area contributed by atoms with Gasteiger partial charge in [0.05, 0.1) is 19.0 Å². The molecule has 1 amide bonds. The van der Waals surface area contributed by atoms with Gasteiger partial charge in [-0.15, -0.1) is 0 Å². The Balaban J connectivity index is 2.26. The summed E-state index contributed by atoms with van der Waals surface area (Å²) < 4.78 is 5.02. The summed E-state index contributed by atoms with van der Waals surface area (Å²) in [5.41, 5.74) is 0.790. The third kappa shape index (κ3) is 2.08. The van der Waals surface area contributed by atoms with Crippen LogP contribution in [0.5, 0.6) is 5.75 Å². The first-order chi connectivity index (χ1) is 8.13. The minimum absolute atomic E-state index is 0.323. The van der Waals surface area contributed by atoms with Crippen LogP contribution in [0.2, 0.25) is 0 Å². The van der Waals surface area contributed by atoms with Gasteiger partial charge in [0.2, 0.25) is 5.91 Å². The Kier molecular flexibility index (Phi) is 2.99. The summed E-state index contributed by atoms with van der Waals surface area (Å²) in [7, 11) is 1.56. The number of hydrogen-bond acceptors (Lipinski definition) is 4. The summed E-state index contributed by atoms with van der Waals surface area (Å²) in [6.45, 7) is 0.323. The Hall–Kier alpha value is -2.04. The molecule has 0 saturated carbocycles. The van der Waals surface area contributed by atoms with E-state index >= 15 is 0 Å². The molecule has 2 atom stereocenters. The number of carboxylic acid groups (broad SMARTS) is 1. The number of ether oxygens (including phenoxy) is 1. The van der Waals surface area contributed by atoms with Gasteiger partial charge in [0.15, 0.2) is 0 Å². The number of carbonyl (C=O) groups is 2. The van der Waals surface area contributed by atoms with Crippen molar-refractivity contribution in [2.45, 2.75) is 5.92 Å². The van der Waals surface area contributed by atoms with Crippen molar-refractivity contribution in [2.75, 3.05) is 13.7 Å². The van der Waals surface area contributed by atoms with Crippen LogP contribution in [0.25, 0.3) is 0 Å². The number of nitrogens with one attached hydrogen (secondary N) is 1. The normalized spacial score (nSPS) is 23.2. The molecule has 90 valence electrons. The molecule has 0 spiro atoms. The zero-order valence-electron chi connectivity index (χ0n) is 9.30. The van der Waals surface area contributed by atoms with E-state index in [4.69, 9.17) is 4.74 Å². The zero-order chi connectivity index (χ0) is 12.4. The second-order valence-electron chi connectivity index (χ2n) is 3.92.